The van der Waals surface area contributed by atoms with E-state index >= 15 is 0 Å². The number of allylic oxidation sites excluding steroid dienone is 1. The molecule has 0 amide bonds. The Morgan fingerprint density at radius 2 is 1.64 bits per heavy atom. The maximum Gasteiger partial charge on any atom is -0.0255 e. The van der Waals surface area contributed by atoms with Crippen LogP contribution in [-0.2, 0) is 0 Å². The first-order valence-electron chi connectivity index (χ1n) is 3.76. The van der Waals surface area contributed by atoms with Crippen molar-refractivity contribution in [3.05, 3.63) is 47.9 Å². The number of aryl methyl sites for hydroxylation is 2. The Morgan fingerprint density at radius 3 is 2.09 bits per heavy atom. The third-order valence-electron chi connectivity index (χ3n) is 1.55. The predicted molar refractivity (Wildman–Crippen MR) is 50.3 cm³/mol. The molecular formula is C11H13. The maximum atomic E-state index is 3.66. The van der Waals surface area contributed by atoms with Crippen LogP contribution in [0.2, 0.25) is 0 Å². The van der Waals surface area contributed by atoms with E-state index in [1.165, 1.54) is 16.7 Å². The summed E-state index contributed by atoms with van der Waals surface area (Å²) in [6.07, 6.45) is 3.83. The van der Waals surface area contributed by atoms with Gasteiger partial charge in [0.05, 0.1) is 0 Å². The van der Waals surface area contributed by atoms with Crippen LogP contribution in [0, 0.1) is 20.8 Å². The third-order valence-corrected chi connectivity index (χ3v) is 1.55. The van der Waals surface area contributed by atoms with Gasteiger partial charge in [0.1, 0.15) is 0 Å². The molecule has 0 heteroatoms. The minimum atomic E-state index is 1.23. The van der Waals surface area contributed by atoms with Crippen LogP contribution < -0.4 is 0 Å². The van der Waals surface area contributed by atoms with Crippen LogP contribution in [0.3, 0.4) is 0 Å². The molecule has 1 aromatic rings. The number of benzene rings is 1. The van der Waals surface area contributed by atoms with Gasteiger partial charge in [-0.2, -0.15) is 0 Å². The van der Waals surface area contributed by atoms with E-state index in [-0.39, 0.29) is 0 Å². The van der Waals surface area contributed by atoms with Gasteiger partial charge in [-0.05, 0) is 26.3 Å². The van der Waals surface area contributed by atoms with Gasteiger partial charge in [-0.15, -0.1) is 0 Å². The van der Waals surface area contributed by atoms with Crippen LogP contribution in [0.4, 0.5) is 0 Å². The van der Waals surface area contributed by atoms with Crippen molar-refractivity contribution in [2.75, 3.05) is 0 Å². The SMILES string of the molecule is [CH2]/C=C/c1cc(C)cc(C)c1. The maximum absolute atomic E-state index is 3.66. The van der Waals surface area contributed by atoms with Gasteiger partial charge in [0.2, 0.25) is 0 Å². The van der Waals surface area contributed by atoms with Gasteiger partial charge in [-0.1, -0.05) is 41.5 Å². The summed E-state index contributed by atoms with van der Waals surface area (Å²) in [6.45, 7) is 7.87. The highest BCUT2D eigenvalue weighted by atomic mass is 14.0. The molecule has 0 aliphatic rings. The Bertz CT molecular complexity index is 249. The Balaban J connectivity index is 3.08. The zero-order valence-corrected chi connectivity index (χ0v) is 7.09. The summed E-state index contributed by atoms with van der Waals surface area (Å²) < 4.78 is 0. The fraction of sp³-hybridized carbons (Fsp3) is 0.182. The molecule has 57 valence electrons. The molecule has 0 heterocycles. The number of hydrogen-bond donors (Lipinski definition) is 0. The predicted octanol–water partition coefficient (Wildman–Crippen LogP) is 3.15. The first-order valence-corrected chi connectivity index (χ1v) is 3.76. The molecule has 0 saturated heterocycles. The monoisotopic (exact) mass is 145 g/mol. The van der Waals surface area contributed by atoms with E-state index in [1.54, 1.807) is 0 Å². The molecule has 1 aromatic carbocycles. The molecule has 0 aliphatic carbocycles. The van der Waals surface area contributed by atoms with Crippen molar-refractivity contribution in [2.45, 2.75) is 13.8 Å². The van der Waals surface area contributed by atoms with Gasteiger partial charge < -0.3 is 0 Å². The van der Waals surface area contributed by atoms with Crippen molar-refractivity contribution >= 4 is 6.08 Å². The summed E-state index contributed by atoms with van der Waals surface area (Å²) in [7, 11) is 0. The largest absolute Gasteiger partial charge is 0.0836 e. The van der Waals surface area contributed by atoms with Gasteiger partial charge in [0.15, 0.2) is 0 Å². The summed E-state index contributed by atoms with van der Waals surface area (Å²) in [5.74, 6) is 0. The lowest BCUT2D eigenvalue weighted by molar-refractivity contribution is 1.37. The van der Waals surface area contributed by atoms with E-state index in [0.29, 0.717) is 0 Å². The molecule has 0 atom stereocenters. The van der Waals surface area contributed by atoms with Crippen LogP contribution in [-0.4, -0.2) is 0 Å². The van der Waals surface area contributed by atoms with Gasteiger partial charge in [-0.3, -0.25) is 0 Å². The minimum Gasteiger partial charge on any atom is -0.0836 e. The molecule has 1 radical (unpaired) electrons. The molecule has 0 aliphatic heterocycles. The fourth-order valence-corrected chi connectivity index (χ4v) is 1.24. The molecule has 0 aromatic heterocycles. The van der Waals surface area contributed by atoms with Crippen LogP contribution in [0.25, 0.3) is 6.08 Å². The molecule has 1 rings (SSSR count). The standard InChI is InChI=1S/C11H13/c1-4-5-11-7-9(2)6-10(3)8-11/h4-8H,1H2,2-3H3/b5-4+. The minimum absolute atomic E-state index is 1.23. The Labute approximate surface area is 68.6 Å². The zero-order chi connectivity index (χ0) is 8.27. The Hall–Kier alpha value is -1.04. The molecule has 0 fully saturated rings. The van der Waals surface area contributed by atoms with Crippen molar-refractivity contribution in [1.82, 2.24) is 0 Å². The van der Waals surface area contributed by atoms with Crippen LogP contribution in [0.5, 0.6) is 0 Å². The summed E-state index contributed by atoms with van der Waals surface area (Å²) in [4.78, 5) is 0. The second-order valence-electron chi connectivity index (χ2n) is 2.82. The smallest absolute Gasteiger partial charge is 0.0255 e. The molecule has 0 saturated carbocycles. The Morgan fingerprint density at radius 1 is 1.09 bits per heavy atom. The second kappa shape index (κ2) is 3.38. The van der Waals surface area contributed by atoms with Crippen molar-refractivity contribution in [1.29, 1.82) is 0 Å². The average Bonchev–Trinajstić information content (AvgIpc) is 1.85. The highest BCUT2D eigenvalue weighted by Gasteiger charge is 1.89. The summed E-state index contributed by atoms with van der Waals surface area (Å²) >= 11 is 0. The van der Waals surface area contributed by atoms with Crippen LogP contribution in [0.15, 0.2) is 24.3 Å². The topological polar surface area (TPSA) is 0 Å². The van der Waals surface area contributed by atoms with Crippen molar-refractivity contribution < 1.29 is 0 Å². The lowest BCUT2D eigenvalue weighted by atomic mass is 10.1. The van der Waals surface area contributed by atoms with Crippen molar-refractivity contribution in [3.8, 4) is 0 Å². The molecule has 0 unspecified atom stereocenters. The van der Waals surface area contributed by atoms with Gasteiger partial charge in [0.25, 0.3) is 0 Å². The van der Waals surface area contributed by atoms with Gasteiger partial charge >= 0.3 is 0 Å². The molecular weight excluding hydrogens is 132 g/mol. The number of rotatable bonds is 1. The normalized spacial score (nSPS) is 10.8. The zero-order valence-electron chi connectivity index (χ0n) is 7.09. The first-order chi connectivity index (χ1) is 5.22. The van der Waals surface area contributed by atoms with Crippen molar-refractivity contribution in [3.63, 3.8) is 0 Å². The van der Waals surface area contributed by atoms with E-state index < -0.39 is 0 Å². The summed E-state index contributed by atoms with van der Waals surface area (Å²) in [5, 5.41) is 0. The summed E-state index contributed by atoms with van der Waals surface area (Å²) in [5.41, 5.74) is 3.84. The van der Waals surface area contributed by atoms with Crippen LogP contribution >= 0.6 is 0 Å². The second-order valence-corrected chi connectivity index (χ2v) is 2.82. The lowest BCUT2D eigenvalue weighted by Gasteiger charge is -1.98. The van der Waals surface area contributed by atoms with E-state index in [2.05, 4.69) is 39.0 Å². The van der Waals surface area contributed by atoms with Gasteiger partial charge in [-0.25, -0.2) is 0 Å². The van der Waals surface area contributed by atoms with E-state index in [9.17, 15) is 0 Å². The highest BCUT2D eigenvalue weighted by Crippen LogP contribution is 2.09. The van der Waals surface area contributed by atoms with Crippen molar-refractivity contribution in [2.24, 2.45) is 0 Å². The third kappa shape index (κ3) is 2.23. The first kappa shape index (κ1) is 8.06. The van der Waals surface area contributed by atoms with E-state index in [1.807, 2.05) is 12.2 Å². The molecule has 11 heavy (non-hydrogen) atoms. The fourth-order valence-electron chi connectivity index (χ4n) is 1.24. The van der Waals surface area contributed by atoms with E-state index in [0.717, 1.165) is 0 Å². The highest BCUT2D eigenvalue weighted by molar-refractivity contribution is 5.52. The average molecular weight is 145 g/mol. The molecule has 0 spiro atoms. The lowest BCUT2D eigenvalue weighted by Crippen LogP contribution is -1.79. The van der Waals surface area contributed by atoms with Crippen LogP contribution in [0.1, 0.15) is 16.7 Å². The number of hydrogen-bond acceptors (Lipinski definition) is 0. The summed E-state index contributed by atoms with van der Waals surface area (Å²) in [6, 6.07) is 6.46. The molecule has 0 bridgehead atoms. The van der Waals surface area contributed by atoms with E-state index in [4.69, 9.17) is 0 Å². The molecule has 0 nitrogen and oxygen atoms in total. The quantitative estimate of drug-likeness (QED) is 0.569. The molecule has 0 N–H and O–H groups in total. The Kier molecular flexibility index (Phi) is 2.48. The van der Waals surface area contributed by atoms with Gasteiger partial charge in [0, 0.05) is 0 Å².